The number of carbonyl (C=O) groups is 1. The Kier molecular flexibility index (Phi) is 3.12. The molecule has 3 nitrogen and oxygen atoms in total. The van der Waals surface area contributed by atoms with Gasteiger partial charge in [0.1, 0.15) is 0 Å². The second-order valence-electron chi connectivity index (χ2n) is 4.36. The molecule has 3 aromatic rings. The normalized spacial score (nSPS) is 10.7. The number of fused-ring (bicyclic) bond motifs is 1. The van der Waals surface area contributed by atoms with Gasteiger partial charge in [0.25, 0.3) is 0 Å². The van der Waals surface area contributed by atoms with Gasteiger partial charge >= 0.3 is 5.97 Å². The van der Waals surface area contributed by atoms with E-state index in [0.29, 0.717) is 21.6 Å². The quantitative estimate of drug-likeness (QED) is 0.765. The molecule has 0 atom stereocenters. The van der Waals surface area contributed by atoms with Gasteiger partial charge in [0.15, 0.2) is 0 Å². The average Bonchev–Trinajstić information content (AvgIpc) is 2.47. The summed E-state index contributed by atoms with van der Waals surface area (Å²) in [5.74, 6) is -0.989. The van der Waals surface area contributed by atoms with Gasteiger partial charge in [-0.1, -0.05) is 54.1 Å². The van der Waals surface area contributed by atoms with Crippen molar-refractivity contribution in [3.8, 4) is 11.3 Å². The number of benzene rings is 2. The van der Waals surface area contributed by atoms with E-state index in [1.54, 1.807) is 24.3 Å². The van der Waals surface area contributed by atoms with Crippen molar-refractivity contribution < 1.29 is 9.90 Å². The van der Waals surface area contributed by atoms with E-state index in [0.717, 1.165) is 5.56 Å². The van der Waals surface area contributed by atoms with Crippen LogP contribution in [0.3, 0.4) is 0 Å². The number of aromatic carboxylic acids is 1. The van der Waals surface area contributed by atoms with Crippen LogP contribution < -0.4 is 0 Å². The largest absolute Gasteiger partial charge is 0.478 e. The van der Waals surface area contributed by atoms with E-state index in [2.05, 4.69) is 4.98 Å². The van der Waals surface area contributed by atoms with Gasteiger partial charge in [-0.05, 0) is 12.1 Å². The Labute approximate surface area is 120 Å². The number of pyridine rings is 1. The molecule has 0 unspecified atom stereocenters. The number of hydrogen-bond donors (Lipinski definition) is 1. The van der Waals surface area contributed by atoms with Crippen molar-refractivity contribution in [1.82, 2.24) is 4.98 Å². The van der Waals surface area contributed by atoms with Gasteiger partial charge in [0.2, 0.25) is 0 Å². The minimum atomic E-state index is -0.989. The van der Waals surface area contributed by atoms with Gasteiger partial charge in [-0.2, -0.15) is 0 Å². The number of rotatable bonds is 2. The first-order chi connectivity index (χ1) is 9.66. The molecule has 98 valence electrons. The van der Waals surface area contributed by atoms with E-state index in [1.165, 1.54) is 0 Å². The number of aromatic nitrogens is 1. The van der Waals surface area contributed by atoms with Crippen LogP contribution in [0, 0.1) is 0 Å². The van der Waals surface area contributed by atoms with Crippen molar-refractivity contribution in [1.29, 1.82) is 0 Å². The fourth-order valence-electron chi connectivity index (χ4n) is 2.15. The Morgan fingerprint density at radius 2 is 1.80 bits per heavy atom. The lowest BCUT2D eigenvalue weighted by Crippen LogP contribution is -2.00. The number of carboxylic acids is 1. The van der Waals surface area contributed by atoms with Crippen LogP contribution in [0.2, 0.25) is 5.02 Å². The summed E-state index contributed by atoms with van der Waals surface area (Å²) in [6, 6.07) is 16.2. The molecule has 0 bridgehead atoms. The van der Waals surface area contributed by atoms with E-state index in [9.17, 15) is 9.90 Å². The molecule has 0 fully saturated rings. The summed E-state index contributed by atoms with van der Waals surface area (Å²) in [6.45, 7) is 0. The van der Waals surface area contributed by atoms with Crippen molar-refractivity contribution in [3.05, 3.63) is 65.2 Å². The maximum atomic E-state index is 11.4. The molecule has 1 N–H and O–H groups in total. The Morgan fingerprint density at radius 1 is 1.05 bits per heavy atom. The van der Waals surface area contributed by atoms with Crippen molar-refractivity contribution >= 4 is 28.5 Å². The van der Waals surface area contributed by atoms with Gasteiger partial charge in [-0.15, -0.1) is 0 Å². The van der Waals surface area contributed by atoms with E-state index in [1.807, 2.05) is 30.3 Å². The lowest BCUT2D eigenvalue weighted by Gasteiger charge is -2.08. The first kappa shape index (κ1) is 12.6. The third-order valence-electron chi connectivity index (χ3n) is 3.09. The predicted octanol–water partition coefficient (Wildman–Crippen LogP) is 4.25. The van der Waals surface area contributed by atoms with Crippen LogP contribution in [0.15, 0.2) is 54.6 Å². The summed E-state index contributed by atoms with van der Waals surface area (Å²) in [7, 11) is 0. The molecular weight excluding hydrogens is 274 g/mol. The lowest BCUT2D eigenvalue weighted by molar-refractivity contribution is 0.0699. The summed E-state index contributed by atoms with van der Waals surface area (Å²) < 4.78 is 0. The van der Waals surface area contributed by atoms with Crippen LogP contribution in [0.5, 0.6) is 0 Å². The standard InChI is InChI=1S/C16H10ClNO2/c17-13-8-4-7-11-12(16(19)20)9-14(18-15(11)13)10-5-2-1-3-6-10/h1-9H,(H,19,20). The van der Waals surface area contributed by atoms with E-state index >= 15 is 0 Å². The third kappa shape index (κ3) is 2.12. The molecular formula is C16H10ClNO2. The van der Waals surface area contributed by atoms with Crippen molar-refractivity contribution in [2.45, 2.75) is 0 Å². The number of halogens is 1. The molecule has 0 aliphatic carbocycles. The Bertz CT molecular complexity index is 800. The highest BCUT2D eigenvalue weighted by molar-refractivity contribution is 6.35. The van der Waals surface area contributed by atoms with Gasteiger partial charge in [0.05, 0.1) is 21.8 Å². The zero-order valence-corrected chi connectivity index (χ0v) is 11.1. The monoisotopic (exact) mass is 283 g/mol. The molecule has 0 spiro atoms. The highest BCUT2D eigenvalue weighted by Gasteiger charge is 2.14. The van der Waals surface area contributed by atoms with Crippen LogP contribution in [0.4, 0.5) is 0 Å². The highest BCUT2D eigenvalue weighted by atomic mass is 35.5. The molecule has 3 rings (SSSR count). The predicted molar refractivity (Wildman–Crippen MR) is 79.1 cm³/mol. The summed E-state index contributed by atoms with van der Waals surface area (Å²) in [4.78, 5) is 15.9. The molecule has 20 heavy (non-hydrogen) atoms. The van der Waals surface area contributed by atoms with Gasteiger partial charge < -0.3 is 5.11 Å². The van der Waals surface area contributed by atoms with Crippen molar-refractivity contribution in [2.24, 2.45) is 0 Å². The maximum absolute atomic E-state index is 11.4. The second kappa shape index (κ2) is 4.94. The summed E-state index contributed by atoms with van der Waals surface area (Å²) in [5.41, 5.74) is 2.17. The zero-order chi connectivity index (χ0) is 14.1. The SMILES string of the molecule is O=C(O)c1cc(-c2ccccc2)nc2c(Cl)cccc12. The molecule has 0 saturated carbocycles. The smallest absolute Gasteiger partial charge is 0.336 e. The fraction of sp³-hybridized carbons (Fsp3) is 0. The number of para-hydroxylation sites is 1. The molecule has 0 radical (unpaired) electrons. The molecule has 0 aliphatic heterocycles. The van der Waals surface area contributed by atoms with Crippen molar-refractivity contribution in [3.63, 3.8) is 0 Å². The van der Waals surface area contributed by atoms with Crippen LogP contribution in [-0.4, -0.2) is 16.1 Å². The van der Waals surface area contributed by atoms with E-state index in [4.69, 9.17) is 11.6 Å². The van der Waals surface area contributed by atoms with Crippen molar-refractivity contribution in [2.75, 3.05) is 0 Å². The molecule has 1 heterocycles. The first-order valence-corrected chi connectivity index (χ1v) is 6.42. The zero-order valence-electron chi connectivity index (χ0n) is 10.4. The summed E-state index contributed by atoms with van der Waals surface area (Å²) in [6.07, 6.45) is 0. The fourth-order valence-corrected chi connectivity index (χ4v) is 2.36. The number of nitrogens with zero attached hydrogens (tertiary/aromatic N) is 1. The topological polar surface area (TPSA) is 50.2 Å². The van der Waals surface area contributed by atoms with Gasteiger partial charge in [-0.25, -0.2) is 9.78 Å². The molecule has 0 saturated heterocycles. The number of hydrogen-bond acceptors (Lipinski definition) is 2. The van der Waals surface area contributed by atoms with Gasteiger partial charge in [-0.3, -0.25) is 0 Å². The Morgan fingerprint density at radius 3 is 2.50 bits per heavy atom. The maximum Gasteiger partial charge on any atom is 0.336 e. The Hall–Kier alpha value is -2.39. The molecule has 0 amide bonds. The lowest BCUT2D eigenvalue weighted by atomic mass is 10.0. The minimum absolute atomic E-state index is 0.205. The Balaban J connectivity index is 2.36. The molecule has 1 aromatic heterocycles. The molecule has 4 heteroatoms. The minimum Gasteiger partial charge on any atom is -0.478 e. The molecule has 2 aromatic carbocycles. The summed E-state index contributed by atoms with van der Waals surface area (Å²) >= 11 is 6.14. The summed E-state index contributed by atoms with van der Waals surface area (Å²) in [5, 5.41) is 10.4. The highest BCUT2D eigenvalue weighted by Crippen LogP contribution is 2.28. The van der Waals surface area contributed by atoms with E-state index in [-0.39, 0.29) is 5.56 Å². The van der Waals surface area contributed by atoms with Crippen LogP contribution in [-0.2, 0) is 0 Å². The third-order valence-corrected chi connectivity index (χ3v) is 3.40. The van der Waals surface area contributed by atoms with Crippen LogP contribution in [0.25, 0.3) is 22.2 Å². The van der Waals surface area contributed by atoms with Crippen LogP contribution in [0.1, 0.15) is 10.4 Å². The van der Waals surface area contributed by atoms with E-state index < -0.39 is 5.97 Å². The second-order valence-corrected chi connectivity index (χ2v) is 4.77. The number of carboxylic acid groups (broad SMARTS) is 1. The van der Waals surface area contributed by atoms with Gasteiger partial charge in [0, 0.05) is 10.9 Å². The van der Waals surface area contributed by atoms with Crippen LogP contribution >= 0.6 is 11.6 Å². The molecule has 0 aliphatic rings. The average molecular weight is 284 g/mol. The first-order valence-electron chi connectivity index (χ1n) is 6.05.